The lowest BCUT2D eigenvalue weighted by Gasteiger charge is -2.28. The fourth-order valence-corrected chi connectivity index (χ4v) is 3.67. The van der Waals surface area contributed by atoms with Crippen LogP contribution >= 0.6 is 0 Å². The Bertz CT molecular complexity index is 372. The molecule has 0 radical (unpaired) electrons. The van der Waals surface area contributed by atoms with Crippen molar-refractivity contribution in [2.45, 2.75) is 37.6 Å². The summed E-state index contributed by atoms with van der Waals surface area (Å²) in [6.45, 7) is 2.69. The van der Waals surface area contributed by atoms with E-state index in [1.807, 2.05) is 0 Å². The van der Waals surface area contributed by atoms with Crippen molar-refractivity contribution < 1.29 is 18.3 Å². The normalized spacial score (nSPS) is 34.6. The van der Waals surface area contributed by atoms with E-state index < -0.39 is 12.0 Å². The molecule has 3 aliphatic rings. The van der Waals surface area contributed by atoms with Gasteiger partial charge in [-0.2, -0.15) is 0 Å². The second kappa shape index (κ2) is 5.56. The number of ether oxygens (including phenoxy) is 1. The number of amides is 1. The van der Waals surface area contributed by atoms with Crippen LogP contribution in [0.25, 0.3) is 0 Å². The number of rotatable bonds is 2. The van der Waals surface area contributed by atoms with Crippen molar-refractivity contribution in [2.24, 2.45) is 11.8 Å². The molecule has 0 aromatic heterocycles. The maximum Gasteiger partial charge on any atom is 0.262 e. The minimum absolute atomic E-state index is 0.142. The summed E-state index contributed by atoms with van der Waals surface area (Å²) >= 11 is 0. The van der Waals surface area contributed by atoms with E-state index in [9.17, 15) is 13.6 Å². The maximum absolute atomic E-state index is 13.2. The van der Waals surface area contributed by atoms with E-state index in [-0.39, 0.29) is 18.9 Å². The topological polar surface area (TPSA) is 41.6 Å². The molecule has 114 valence electrons. The van der Waals surface area contributed by atoms with Gasteiger partial charge in [-0.05, 0) is 31.1 Å². The highest BCUT2D eigenvalue weighted by atomic mass is 19.3. The van der Waals surface area contributed by atoms with Gasteiger partial charge < -0.3 is 9.64 Å². The first kappa shape index (κ1) is 14.2. The van der Waals surface area contributed by atoms with Gasteiger partial charge in [0.05, 0.1) is 12.6 Å². The average Bonchev–Trinajstić information content (AvgIpc) is 3.05. The van der Waals surface area contributed by atoms with Crippen LogP contribution in [0.15, 0.2) is 0 Å². The number of nitrogens with zero attached hydrogens (tertiary/aromatic N) is 1. The molecule has 2 atom stereocenters. The van der Waals surface area contributed by atoms with Crippen LogP contribution in [0.1, 0.15) is 25.7 Å². The highest BCUT2D eigenvalue weighted by Gasteiger charge is 2.44. The molecule has 0 bridgehead atoms. The number of halogens is 2. The van der Waals surface area contributed by atoms with E-state index in [1.54, 1.807) is 4.90 Å². The van der Waals surface area contributed by atoms with Crippen molar-refractivity contribution in [2.75, 3.05) is 32.8 Å². The molecular formula is C14H22F2N2O2. The molecule has 3 saturated heterocycles. The van der Waals surface area contributed by atoms with Crippen LogP contribution in [0.4, 0.5) is 8.78 Å². The maximum atomic E-state index is 13.2. The standard InChI is InChI=1S/C14H22F2N2O2/c15-14(16)7-12(17-9-14)13(19)18-4-1-11(8-18)10-2-5-20-6-3-10/h10-12,17H,1-9H2. The zero-order valence-corrected chi connectivity index (χ0v) is 11.6. The van der Waals surface area contributed by atoms with Crippen LogP contribution in [0.5, 0.6) is 0 Å². The molecule has 3 heterocycles. The highest BCUT2D eigenvalue weighted by Crippen LogP contribution is 2.32. The summed E-state index contributed by atoms with van der Waals surface area (Å²) in [7, 11) is 0. The molecule has 3 aliphatic heterocycles. The number of carbonyl (C=O) groups excluding carboxylic acids is 1. The van der Waals surface area contributed by atoms with Gasteiger partial charge in [0.1, 0.15) is 0 Å². The Morgan fingerprint density at radius 2 is 1.95 bits per heavy atom. The SMILES string of the molecule is O=C(C1CC(F)(F)CN1)N1CCC(C2CCOCC2)C1. The lowest BCUT2D eigenvalue weighted by molar-refractivity contribution is -0.132. The van der Waals surface area contributed by atoms with Crippen molar-refractivity contribution in [3.63, 3.8) is 0 Å². The average molecular weight is 288 g/mol. The third-order valence-corrected chi connectivity index (χ3v) is 4.88. The molecular weight excluding hydrogens is 266 g/mol. The summed E-state index contributed by atoms with van der Waals surface area (Å²) in [6, 6.07) is -0.696. The van der Waals surface area contributed by atoms with Gasteiger partial charge in [0.25, 0.3) is 5.92 Å². The number of carbonyl (C=O) groups is 1. The monoisotopic (exact) mass is 288 g/mol. The van der Waals surface area contributed by atoms with E-state index in [2.05, 4.69) is 5.32 Å². The highest BCUT2D eigenvalue weighted by molar-refractivity contribution is 5.82. The van der Waals surface area contributed by atoms with Crippen molar-refractivity contribution in [1.29, 1.82) is 0 Å². The number of likely N-dealkylation sites (tertiary alicyclic amines) is 1. The molecule has 1 amide bonds. The summed E-state index contributed by atoms with van der Waals surface area (Å²) in [5.41, 5.74) is 0. The Morgan fingerprint density at radius 3 is 2.60 bits per heavy atom. The Balaban J connectivity index is 1.53. The van der Waals surface area contributed by atoms with E-state index in [0.29, 0.717) is 18.4 Å². The minimum atomic E-state index is -2.74. The Kier molecular flexibility index (Phi) is 3.95. The Labute approximate surface area is 117 Å². The fourth-order valence-electron chi connectivity index (χ4n) is 3.67. The Morgan fingerprint density at radius 1 is 1.20 bits per heavy atom. The first-order valence-corrected chi connectivity index (χ1v) is 7.53. The molecule has 1 N–H and O–H groups in total. The third kappa shape index (κ3) is 2.96. The van der Waals surface area contributed by atoms with Gasteiger partial charge in [0.2, 0.25) is 5.91 Å². The van der Waals surface area contributed by atoms with E-state index >= 15 is 0 Å². The van der Waals surface area contributed by atoms with Crippen molar-refractivity contribution >= 4 is 5.91 Å². The van der Waals surface area contributed by atoms with E-state index in [0.717, 1.165) is 39.0 Å². The number of hydrogen-bond acceptors (Lipinski definition) is 3. The molecule has 0 aromatic carbocycles. The van der Waals surface area contributed by atoms with Crippen molar-refractivity contribution in [3.8, 4) is 0 Å². The summed E-state index contributed by atoms with van der Waals surface area (Å²) in [4.78, 5) is 14.0. The largest absolute Gasteiger partial charge is 0.381 e. The minimum Gasteiger partial charge on any atom is -0.381 e. The number of nitrogens with one attached hydrogen (secondary N) is 1. The lowest BCUT2D eigenvalue weighted by atomic mass is 9.85. The van der Waals surface area contributed by atoms with Crippen LogP contribution in [0.3, 0.4) is 0 Å². The van der Waals surface area contributed by atoms with Gasteiger partial charge in [0.15, 0.2) is 0 Å². The summed E-state index contributed by atoms with van der Waals surface area (Å²) in [5, 5.41) is 2.66. The van der Waals surface area contributed by atoms with Crippen LogP contribution in [-0.4, -0.2) is 55.6 Å². The summed E-state index contributed by atoms with van der Waals surface area (Å²) < 4.78 is 31.7. The van der Waals surface area contributed by atoms with E-state index in [4.69, 9.17) is 4.74 Å². The van der Waals surface area contributed by atoms with Crippen molar-refractivity contribution in [3.05, 3.63) is 0 Å². The molecule has 0 spiro atoms. The summed E-state index contributed by atoms with van der Waals surface area (Å²) in [5.74, 6) is -1.74. The quantitative estimate of drug-likeness (QED) is 0.832. The number of alkyl halides is 2. The molecule has 0 saturated carbocycles. The van der Waals surface area contributed by atoms with Crippen LogP contribution < -0.4 is 5.32 Å². The predicted octanol–water partition coefficient (Wildman–Crippen LogP) is 1.26. The molecule has 6 heteroatoms. The second-order valence-corrected chi connectivity index (χ2v) is 6.28. The lowest BCUT2D eigenvalue weighted by Crippen LogP contribution is -2.42. The molecule has 3 rings (SSSR count). The van der Waals surface area contributed by atoms with Gasteiger partial charge in [-0.15, -0.1) is 0 Å². The van der Waals surface area contributed by atoms with Crippen LogP contribution in [0, 0.1) is 11.8 Å². The van der Waals surface area contributed by atoms with Gasteiger partial charge in [0, 0.05) is 32.7 Å². The summed E-state index contributed by atoms with van der Waals surface area (Å²) in [6.07, 6.45) is 2.77. The molecule has 20 heavy (non-hydrogen) atoms. The molecule has 3 fully saturated rings. The zero-order valence-electron chi connectivity index (χ0n) is 11.6. The molecule has 4 nitrogen and oxygen atoms in total. The van der Waals surface area contributed by atoms with E-state index in [1.165, 1.54) is 0 Å². The van der Waals surface area contributed by atoms with Gasteiger partial charge in [-0.25, -0.2) is 8.78 Å². The molecule has 0 aromatic rings. The fraction of sp³-hybridized carbons (Fsp3) is 0.929. The Hall–Kier alpha value is -0.750. The molecule has 2 unspecified atom stereocenters. The molecule has 0 aliphatic carbocycles. The zero-order chi connectivity index (χ0) is 14.2. The second-order valence-electron chi connectivity index (χ2n) is 6.28. The van der Waals surface area contributed by atoms with Crippen molar-refractivity contribution in [1.82, 2.24) is 10.2 Å². The first-order chi connectivity index (χ1) is 9.55. The predicted molar refractivity (Wildman–Crippen MR) is 69.6 cm³/mol. The van der Waals surface area contributed by atoms with Gasteiger partial charge >= 0.3 is 0 Å². The smallest absolute Gasteiger partial charge is 0.262 e. The van der Waals surface area contributed by atoms with Gasteiger partial charge in [-0.1, -0.05) is 0 Å². The van der Waals surface area contributed by atoms with Crippen LogP contribution in [0.2, 0.25) is 0 Å². The van der Waals surface area contributed by atoms with Crippen LogP contribution in [-0.2, 0) is 9.53 Å². The number of hydrogen-bond donors (Lipinski definition) is 1. The first-order valence-electron chi connectivity index (χ1n) is 7.53. The third-order valence-electron chi connectivity index (χ3n) is 4.88. The van der Waals surface area contributed by atoms with Gasteiger partial charge in [-0.3, -0.25) is 10.1 Å².